The largest absolute Gasteiger partial charge is 0.505 e. The number of carbonyl (C=O) groups is 1. The van der Waals surface area contributed by atoms with Gasteiger partial charge in [-0.3, -0.25) is 0 Å². The minimum Gasteiger partial charge on any atom is -0.505 e. The minimum atomic E-state index is -0.629. The zero-order valence-corrected chi connectivity index (χ0v) is 10.5. The summed E-state index contributed by atoms with van der Waals surface area (Å²) in [7, 11) is 3.32. The molecule has 100 valence electrons. The van der Waals surface area contributed by atoms with Crippen molar-refractivity contribution < 1.29 is 14.3 Å². The predicted molar refractivity (Wildman–Crippen MR) is 66.9 cm³/mol. The third kappa shape index (κ3) is 4.21. The molecule has 0 aliphatic carbocycles. The second-order valence-corrected chi connectivity index (χ2v) is 4.05. The van der Waals surface area contributed by atoms with E-state index < -0.39 is 5.82 Å². The topological polar surface area (TPSA) is 64.6 Å². The van der Waals surface area contributed by atoms with Gasteiger partial charge in [-0.25, -0.2) is 9.18 Å². The summed E-state index contributed by atoms with van der Waals surface area (Å²) in [6.45, 7) is 1.35. The van der Waals surface area contributed by atoms with Crippen LogP contribution in [0, 0.1) is 5.82 Å². The molecule has 5 nitrogen and oxygen atoms in total. The van der Waals surface area contributed by atoms with Crippen molar-refractivity contribution in [1.82, 2.24) is 15.5 Å². The summed E-state index contributed by atoms with van der Waals surface area (Å²) in [6.07, 6.45) is 0. The standard InChI is InChI=1S/C12H18FN3O2/c1-16(2)12(18)15-7-6-14-8-9-4-3-5-10(13)11(9)17/h3-5,14,17H,6-8H2,1-2H3,(H,15,18). The number of aromatic hydroxyl groups is 1. The summed E-state index contributed by atoms with van der Waals surface area (Å²) in [6, 6.07) is 4.23. The molecule has 3 N–H and O–H groups in total. The van der Waals surface area contributed by atoms with E-state index in [-0.39, 0.29) is 11.8 Å². The summed E-state index contributed by atoms with van der Waals surface area (Å²) in [5, 5.41) is 15.1. The SMILES string of the molecule is CN(C)C(=O)NCCNCc1cccc(F)c1O. The van der Waals surface area contributed by atoms with Gasteiger partial charge in [-0.05, 0) is 6.07 Å². The van der Waals surface area contributed by atoms with Gasteiger partial charge in [-0.2, -0.15) is 0 Å². The van der Waals surface area contributed by atoms with Crippen molar-refractivity contribution in [3.63, 3.8) is 0 Å². The average molecular weight is 255 g/mol. The number of carbonyl (C=O) groups excluding carboxylic acids is 1. The molecule has 0 fully saturated rings. The van der Waals surface area contributed by atoms with Crippen LogP contribution in [-0.2, 0) is 6.54 Å². The molecular weight excluding hydrogens is 237 g/mol. The number of benzene rings is 1. The van der Waals surface area contributed by atoms with Gasteiger partial charge < -0.3 is 20.6 Å². The van der Waals surface area contributed by atoms with E-state index in [9.17, 15) is 14.3 Å². The first-order valence-corrected chi connectivity index (χ1v) is 5.64. The van der Waals surface area contributed by atoms with Gasteiger partial charge in [0.15, 0.2) is 11.6 Å². The Morgan fingerprint density at radius 1 is 1.39 bits per heavy atom. The maximum absolute atomic E-state index is 13.0. The first-order chi connectivity index (χ1) is 8.52. The number of rotatable bonds is 5. The monoisotopic (exact) mass is 255 g/mol. The number of amides is 2. The van der Waals surface area contributed by atoms with Crippen molar-refractivity contribution in [2.45, 2.75) is 6.54 Å². The summed E-state index contributed by atoms with van der Waals surface area (Å²) in [4.78, 5) is 12.6. The Hall–Kier alpha value is -1.82. The van der Waals surface area contributed by atoms with Crippen LogP contribution in [0.25, 0.3) is 0 Å². The van der Waals surface area contributed by atoms with E-state index in [2.05, 4.69) is 10.6 Å². The van der Waals surface area contributed by atoms with E-state index in [0.717, 1.165) is 0 Å². The van der Waals surface area contributed by atoms with Crippen molar-refractivity contribution >= 4 is 6.03 Å². The van der Waals surface area contributed by atoms with E-state index in [1.54, 1.807) is 26.2 Å². The molecule has 0 saturated carbocycles. The van der Waals surface area contributed by atoms with Gasteiger partial charge in [0.1, 0.15) is 0 Å². The number of hydrogen-bond donors (Lipinski definition) is 3. The first-order valence-electron chi connectivity index (χ1n) is 5.64. The van der Waals surface area contributed by atoms with Crippen molar-refractivity contribution in [3.8, 4) is 5.75 Å². The van der Waals surface area contributed by atoms with Crippen molar-refractivity contribution in [2.24, 2.45) is 0 Å². The molecule has 1 aromatic carbocycles. The molecule has 2 amide bonds. The number of urea groups is 1. The third-order valence-electron chi connectivity index (χ3n) is 2.37. The van der Waals surface area contributed by atoms with Crippen LogP contribution in [0.2, 0.25) is 0 Å². The number of nitrogens with zero attached hydrogens (tertiary/aromatic N) is 1. The maximum Gasteiger partial charge on any atom is 0.316 e. The van der Waals surface area contributed by atoms with E-state index >= 15 is 0 Å². The molecule has 0 unspecified atom stereocenters. The summed E-state index contributed by atoms with van der Waals surface area (Å²) in [5.74, 6) is -0.961. The highest BCUT2D eigenvalue weighted by molar-refractivity contribution is 5.73. The molecule has 0 aliphatic heterocycles. The van der Waals surface area contributed by atoms with Crippen LogP contribution >= 0.6 is 0 Å². The number of halogens is 1. The Balaban J connectivity index is 2.26. The highest BCUT2D eigenvalue weighted by atomic mass is 19.1. The number of hydrogen-bond acceptors (Lipinski definition) is 3. The van der Waals surface area contributed by atoms with Crippen LogP contribution < -0.4 is 10.6 Å². The van der Waals surface area contributed by atoms with Crippen LogP contribution in [0.4, 0.5) is 9.18 Å². The van der Waals surface area contributed by atoms with Crippen LogP contribution in [-0.4, -0.2) is 43.2 Å². The van der Waals surface area contributed by atoms with Crippen LogP contribution in [0.15, 0.2) is 18.2 Å². The lowest BCUT2D eigenvalue weighted by Crippen LogP contribution is -2.38. The van der Waals surface area contributed by atoms with Crippen molar-refractivity contribution in [1.29, 1.82) is 0 Å². The molecule has 0 spiro atoms. The van der Waals surface area contributed by atoms with Crippen molar-refractivity contribution in [2.75, 3.05) is 27.2 Å². The summed E-state index contributed by atoms with van der Waals surface area (Å²) in [5.41, 5.74) is 0.494. The molecule has 1 aromatic rings. The summed E-state index contributed by atoms with van der Waals surface area (Å²) >= 11 is 0. The lowest BCUT2D eigenvalue weighted by Gasteiger charge is -2.12. The fourth-order valence-corrected chi connectivity index (χ4v) is 1.34. The fourth-order valence-electron chi connectivity index (χ4n) is 1.34. The third-order valence-corrected chi connectivity index (χ3v) is 2.37. The first kappa shape index (κ1) is 14.2. The molecule has 18 heavy (non-hydrogen) atoms. The molecule has 6 heteroatoms. The van der Waals surface area contributed by atoms with Gasteiger partial charge >= 0.3 is 6.03 Å². The maximum atomic E-state index is 13.0. The predicted octanol–water partition coefficient (Wildman–Crippen LogP) is 0.892. The van der Waals surface area contributed by atoms with E-state index in [1.807, 2.05) is 0 Å². The number of para-hydroxylation sites is 1. The molecule has 1 rings (SSSR count). The van der Waals surface area contributed by atoms with Gasteiger partial charge in [0.2, 0.25) is 0 Å². The molecule has 0 atom stereocenters. The van der Waals surface area contributed by atoms with E-state index in [4.69, 9.17) is 0 Å². The Morgan fingerprint density at radius 3 is 2.78 bits per heavy atom. The molecule has 0 aliphatic rings. The van der Waals surface area contributed by atoms with E-state index in [1.165, 1.54) is 11.0 Å². The molecule has 0 aromatic heterocycles. The quantitative estimate of drug-likeness (QED) is 0.685. The molecular formula is C12H18FN3O2. The Bertz CT molecular complexity index is 410. The van der Waals surface area contributed by atoms with Gasteiger partial charge in [0.05, 0.1) is 0 Å². The smallest absolute Gasteiger partial charge is 0.316 e. The normalized spacial score (nSPS) is 10.2. The van der Waals surface area contributed by atoms with Crippen molar-refractivity contribution in [3.05, 3.63) is 29.6 Å². The fraction of sp³-hybridized carbons (Fsp3) is 0.417. The highest BCUT2D eigenvalue weighted by Gasteiger charge is 2.05. The lowest BCUT2D eigenvalue weighted by atomic mass is 10.2. The molecule has 0 saturated heterocycles. The summed E-state index contributed by atoms with van der Waals surface area (Å²) < 4.78 is 13.0. The number of phenols is 1. The van der Waals surface area contributed by atoms with Crippen LogP contribution in [0.3, 0.4) is 0 Å². The molecule has 0 heterocycles. The lowest BCUT2D eigenvalue weighted by molar-refractivity contribution is 0.217. The molecule has 0 radical (unpaired) electrons. The number of phenolic OH excluding ortho intramolecular Hbond substituents is 1. The van der Waals surface area contributed by atoms with Gasteiger partial charge in [0.25, 0.3) is 0 Å². The zero-order chi connectivity index (χ0) is 13.5. The average Bonchev–Trinajstić information content (AvgIpc) is 2.33. The Morgan fingerprint density at radius 2 is 2.11 bits per heavy atom. The van der Waals surface area contributed by atoms with Crippen LogP contribution in [0.1, 0.15) is 5.56 Å². The van der Waals surface area contributed by atoms with Crippen LogP contribution in [0.5, 0.6) is 5.75 Å². The highest BCUT2D eigenvalue weighted by Crippen LogP contribution is 2.19. The second-order valence-electron chi connectivity index (χ2n) is 4.05. The second kappa shape index (κ2) is 6.80. The Labute approximate surface area is 106 Å². The van der Waals surface area contributed by atoms with Gasteiger partial charge in [-0.15, -0.1) is 0 Å². The minimum absolute atomic E-state index is 0.162. The van der Waals surface area contributed by atoms with Gasteiger partial charge in [0, 0.05) is 39.3 Å². The Kier molecular flexibility index (Phi) is 5.38. The number of nitrogens with one attached hydrogen (secondary N) is 2. The van der Waals surface area contributed by atoms with Gasteiger partial charge in [-0.1, -0.05) is 12.1 Å². The van der Waals surface area contributed by atoms with E-state index in [0.29, 0.717) is 25.2 Å². The molecule has 0 bridgehead atoms. The zero-order valence-electron chi connectivity index (χ0n) is 10.5.